The number of anilines is 2. The van der Waals surface area contributed by atoms with E-state index in [-0.39, 0.29) is 22.1 Å². The van der Waals surface area contributed by atoms with Crippen LogP contribution in [0.5, 0.6) is 0 Å². The second kappa shape index (κ2) is 8.66. The largest absolute Gasteiger partial charge is 0.452 e. The van der Waals surface area contributed by atoms with Gasteiger partial charge in [0.25, 0.3) is 11.6 Å². The summed E-state index contributed by atoms with van der Waals surface area (Å²) in [7, 11) is 0. The molecule has 28 heavy (non-hydrogen) atoms. The van der Waals surface area contributed by atoms with E-state index in [0.29, 0.717) is 5.69 Å². The van der Waals surface area contributed by atoms with Crippen LogP contribution < -0.4 is 10.2 Å². The lowest BCUT2D eigenvalue weighted by molar-refractivity contribution is -0.384. The summed E-state index contributed by atoms with van der Waals surface area (Å²) < 4.78 is 4.95. The molecule has 10 heteroatoms. The molecule has 1 aromatic heterocycles. The number of halogens is 1. The highest BCUT2D eigenvalue weighted by Gasteiger charge is 2.24. The third-order valence-corrected chi connectivity index (χ3v) is 4.52. The molecule has 1 aliphatic rings. The Morgan fingerprint density at radius 3 is 2.71 bits per heavy atom. The van der Waals surface area contributed by atoms with E-state index in [1.807, 2.05) is 4.90 Å². The van der Waals surface area contributed by atoms with Crippen molar-refractivity contribution in [3.05, 3.63) is 57.4 Å². The summed E-state index contributed by atoms with van der Waals surface area (Å²) in [4.78, 5) is 40.7. The summed E-state index contributed by atoms with van der Waals surface area (Å²) in [6.07, 6.45) is 3.41. The standard InChI is InChI=1S/C18H17ClN4O5/c19-17-13(4-3-7-20-17)21-16(24)11-28-18(25)12-5-6-14(15(10-12)23(26)27)22-8-1-2-9-22/h3-7,10H,1-2,8-9,11H2,(H,21,24). The fourth-order valence-corrected chi connectivity index (χ4v) is 3.07. The van der Waals surface area contributed by atoms with Crippen LogP contribution in [0, 0.1) is 10.1 Å². The van der Waals surface area contributed by atoms with E-state index >= 15 is 0 Å². The van der Waals surface area contributed by atoms with Gasteiger partial charge in [0.15, 0.2) is 11.8 Å². The first-order chi connectivity index (χ1) is 13.5. The quantitative estimate of drug-likeness (QED) is 0.340. The minimum absolute atomic E-state index is 0.00172. The molecule has 1 aliphatic heterocycles. The van der Waals surface area contributed by atoms with Gasteiger partial charge in [-0.3, -0.25) is 14.9 Å². The second-order valence-electron chi connectivity index (χ2n) is 6.12. The number of hydrogen-bond acceptors (Lipinski definition) is 7. The molecule has 0 spiro atoms. The number of nitro benzene ring substituents is 1. The van der Waals surface area contributed by atoms with Crippen LogP contribution in [0.3, 0.4) is 0 Å². The van der Waals surface area contributed by atoms with Gasteiger partial charge in [-0.1, -0.05) is 11.6 Å². The maximum atomic E-state index is 12.2. The molecule has 0 saturated carbocycles. The maximum absolute atomic E-state index is 12.2. The zero-order valence-corrected chi connectivity index (χ0v) is 15.5. The molecule has 146 valence electrons. The number of nitro groups is 1. The number of rotatable bonds is 6. The van der Waals surface area contributed by atoms with Crippen LogP contribution in [-0.2, 0) is 9.53 Å². The van der Waals surface area contributed by atoms with Gasteiger partial charge in [-0.2, -0.15) is 0 Å². The third kappa shape index (κ3) is 4.55. The van der Waals surface area contributed by atoms with Crippen molar-refractivity contribution in [1.29, 1.82) is 0 Å². The first kappa shape index (κ1) is 19.6. The van der Waals surface area contributed by atoms with E-state index in [9.17, 15) is 19.7 Å². The number of amides is 1. The second-order valence-corrected chi connectivity index (χ2v) is 6.48. The van der Waals surface area contributed by atoms with Crippen LogP contribution in [0.15, 0.2) is 36.5 Å². The van der Waals surface area contributed by atoms with Gasteiger partial charge >= 0.3 is 5.97 Å². The van der Waals surface area contributed by atoms with Gasteiger partial charge in [0.2, 0.25) is 0 Å². The Kier molecular flexibility index (Phi) is 6.05. The molecule has 9 nitrogen and oxygen atoms in total. The fourth-order valence-electron chi connectivity index (χ4n) is 2.90. The summed E-state index contributed by atoms with van der Waals surface area (Å²) in [5.74, 6) is -1.44. The monoisotopic (exact) mass is 404 g/mol. The lowest BCUT2D eigenvalue weighted by Gasteiger charge is -2.17. The van der Waals surface area contributed by atoms with Gasteiger partial charge in [-0.15, -0.1) is 0 Å². The van der Waals surface area contributed by atoms with Crippen molar-refractivity contribution < 1.29 is 19.2 Å². The fraction of sp³-hybridized carbons (Fsp3) is 0.278. The van der Waals surface area contributed by atoms with Gasteiger partial charge in [0.05, 0.1) is 16.2 Å². The molecule has 2 aromatic rings. The van der Waals surface area contributed by atoms with Crippen molar-refractivity contribution in [1.82, 2.24) is 4.98 Å². The first-order valence-electron chi connectivity index (χ1n) is 8.56. The van der Waals surface area contributed by atoms with E-state index in [1.54, 1.807) is 12.1 Å². The molecular weight excluding hydrogens is 388 g/mol. The smallest absolute Gasteiger partial charge is 0.338 e. The molecule has 0 aliphatic carbocycles. The van der Waals surface area contributed by atoms with Crippen molar-refractivity contribution >= 4 is 40.5 Å². The number of carbonyl (C=O) groups excluding carboxylic acids is 2. The predicted octanol–water partition coefficient (Wildman–Crippen LogP) is 3.04. The van der Waals surface area contributed by atoms with E-state index in [1.165, 1.54) is 24.4 Å². The van der Waals surface area contributed by atoms with Gasteiger partial charge < -0.3 is 15.0 Å². The number of nitrogens with one attached hydrogen (secondary N) is 1. The Balaban J connectivity index is 1.65. The Morgan fingerprint density at radius 1 is 1.29 bits per heavy atom. The normalized spacial score (nSPS) is 13.2. The highest BCUT2D eigenvalue weighted by Crippen LogP contribution is 2.31. The van der Waals surface area contributed by atoms with E-state index in [0.717, 1.165) is 25.9 Å². The molecular formula is C18H17ClN4O5. The molecule has 0 unspecified atom stereocenters. The highest BCUT2D eigenvalue weighted by molar-refractivity contribution is 6.32. The Morgan fingerprint density at radius 2 is 2.04 bits per heavy atom. The summed E-state index contributed by atoms with van der Waals surface area (Å²) in [6.45, 7) is 0.912. The average molecular weight is 405 g/mol. The van der Waals surface area contributed by atoms with Crippen molar-refractivity contribution in [2.45, 2.75) is 12.8 Å². The third-order valence-electron chi connectivity index (χ3n) is 4.22. The van der Waals surface area contributed by atoms with Gasteiger partial charge in [-0.25, -0.2) is 9.78 Å². The molecule has 1 fully saturated rings. The maximum Gasteiger partial charge on any atom is 0.338 e. The summed E-state index contributed by atoms with van der Waals surface area (Å²) >= 11 is 5.84. The molecule has 0 radical (unpaired) electrons. The number of nitrogens with zero attached hydrogens (tertiary/aromatic N) is 3. The van der Waals surface area contributed by atoms with Gasteiger partial charge in [0.1, 0.15) is 5.69 Å². The van der Waals surface area contributed by atoms with Crippen molar-refractivity contribution in [3.63, 3.8) is 0 Å². The number of ether oxygens (including phenoxy) is 1. The van der Waals surface area contributed by atoms with Crippen molar-refractivity contribution in [3.8, 4) is 0 Å². The molecule has 2 heterocycles. The molecule has 3 rings (SSSR count). The van der Waals surface area contributed by atoms with Crippen LogP contribution in [-0.4, -0.2) is 41.5 Å². The minimum Gasteiger partial charge on any atom is -0.452 e. The van der Waals surface area contributed by atoms with Crippen LogP contribution in [0.2, 0.25) is 5.15 Å². The lowest BCUT2D eigenvalue weighted by Crippen LogP contribution is -2.22. The van der Waals surface area contributed by atoms with Crippen LogP contribution >= 0.6 is 11.6 Å². The zero-order valence-electron chi connectivity index (χ0n) is 14.8. The van der Waals surface area contributed by atoms with Gasteiger partial charge in [-0.05, 0) is 37.1 Å². The van der Waals surface area contributed by atoms with E-state index in [4.69, 9.17) is 16.3 Å². The van der Waals surface area contributed by atoms with Gasteiger partial charge in [0, 0.05) is 25.4 Å². The molecule has 1 saturated heterocycles. The number of esters is 1. The first-order valence-corrected chi connectivity index (χ1v) is 8.94. The lowest BCUT2D eigenvalue weighted by atomic mass is 10.1. The topological polar surface area (TPSA) is 115 Å². The SMILES string of the molecule is O=C(COC(=O)c1ccc(N2CCCC2)c([N+](=O)[O-])c1)Nc1cccnc1Cl. The van der Waals surface area contributed by atoms with Crippen molar-refractivity contribution in [2.75, 3.05) is 29.9 Å². The molecule has 0 bridgehead atoms. The van der Waals surface area contributed by atoms with Crippen LogP contribution in [0.1, 0.15) is 23.2 Å². The predicted molar refractivity (Wildman–Crippen MR) is 103 cm³/mol. The summed E-state index contributed by atoms with van der Waals surface area (Å²) in [5.41, 5.74) is 0.601. The number of benzene rings is 1. The molecule has 1 aromatic carbocycles. The van der Waals surface area contributed by atoms with E-state index < -0.39 is 23.4 Å². The minimum atomic E-state index is -0.830. The Labute approximate surface area is 165 Å². The highest BCUT2D eigenvalue weighted by atomic mass is 35.5. The molecule has 1 amide bonds. The average Bonchev–Trinajstić information content (AvgIpc) is 3.22. The molecule has 0 atom stereocenters. The van der Waals surface area contributed by atoms with Crippen LogP contribution in [0.4, 0.5) is 17.1 Å². The summed E-state index contributed by atoms with van der Waals surface area (Å²) in [5, 5.41) is 14.0. The Hall–Kier alpha value is -3.20. The zero-order chi connectivity index (χ0) is 20.1. The Bertz CT molecular complexity index is 915. The number of pyridine rings is 1. The number of aromatic nitrogens is 1. The number of carbonyl (C=O) groups is 2. The summed E-state index contributed by atoms with van der Waals surface area (Å²) in [6, 6.07) is 7.31. The van der Waals surface area contributed by atoms with E-state index in [2.05, 4.69) is 10.3 Å². The van der Waals surface area contributed by atoms with Crippen LogP contribution in [0.25, 0.3) is 0 Å². The molecule has 1 N–H and O–H groups in total. The number of hydrogen-bond donors (Lipinski definition) is 1. The van der Waals surface area contributed by atoms with Crippen molar-refractivity contribution in [2.24, 2.45) is 0 Å².